The van der Waals surface area contributed by atoms with Crippen LogP contribution in [0.5, 0.6) is 5.75 Å². The molecule has 5 aliphatic rings. The molecular weight excluding hydrogens is 1320 g/mol. The summed E-state index contributed by atoms with van der Waals surface area (Å²) in [5.74, 6) is -3.02. The standard InChI is InChI=1S/C20H29F3O7S.C20H36O4.C18H13S.C13H24O2.C10H14O/c1-4-17(2,3)15(24)30-19-8-12-5-13(9-19)7-18(6-12,11-19)16(25)29-14(20(21,22)23)10-31(26,27)28;1-11-17(3,4)15(21)23-19(7,8)13-14-20(9,10)24-16(22)18(5,6)12-2;1-2-8-14(9-3-1)19-17-12-6-4-10-15(17)16-11-5-7-13-18(16)19;1-5-12(3,4)11(14)15-13(6-2)9-7-8-10-13;1-3-8(2)9-5-4-6-10(11)7-9/h12-14H,4-11H2,1-3H3,(H,26,27,28);13-14H,11-12H2,1-10H3;1-13H;5-10H2,1-4H3;4-8,11H,3H2,1-2H3/q;;+1;;/p-1. The lowest BCUT2D eigenvalue weighted by atomic mass is 9.48. The number of benzene rings is 4. The van der Waals surface area contributed by atoms with E-state index >= 15 is 0 Å². The Labute approximate surface area is 597 Å². The number of carbonyl (C=O) groups is 5. The first kappa shape index (κ1) is 84.3. The lowest BCUT2D eigenvalue weighted by Crippen LogP contribution is -2.61. The van der Waals surface area contributed by atoms with Gasteiger partial charge in [-0.2, -0.15) is 13.2 Å². The second-order valence-electron chi connectivity index (χ2n) is 31.9. The number of ether oxygens (including phenoxy) is 5. The zero-order chi connectivity index (χ0) is 75.3. The van der Waals surface area contributed by atoms with Crippen molar-refractivity contribution >= 4 is 70.6 Å². The number of fused-ring (bicyclic) bond motifs is 3. The smallest absolute Gasteiger partial charge is 0.426 e. The summed E-state index contributed by atoms with van der Waals surface area (Å²) < 4.78 is 103. The summed E-state index contributed by atoms with van der Waals surface area (Å²) in [6, 6.07) is 35.9. The molecule has 5 aromatic rings. The largest absolute Gasteiger partial charge is 0.748 e. The second kappa shape index (κ2) is 33.9. The molecule has 5 saturated carbocycles. The third kappa shape index (κ3) is 22.8. The van der Waals surface area contributed by atoms with Gasteiger partial charge < -0.3 is 33.3 Å². The molecule has 4 unspecified atom stereocenters. The Morgan fingerprint density at radius 2 is 1.03 bits per heavy atom. The summed E-state index contributed by atoms with van der Waals surface area (Å²) in [4.78, 5) is 63.6. The number of phenols is 1. The van der Waals surface area contributed by atoms with Crippen molar-refractivity contribution in [2.24, 2.45) is 38.9 Å². The molecule has 4 bridgehead atoms. The second-order valence-corrected chi connectivity index (χ2v) is 35.3. The van der Waals surface area contributed by atoms with Gasteiger partial charge in [0.1, 0.15) is 28.2 Å². The van der Waals surface area contributed by atoms with Crippen LogP contribution < -0.4 is 0 Å². The first-order chi connectivity index (χ1) is 46.2. The fraction of sp³-hybridized carbons (Fsp3) is 0.617. The average Bonchev–Trinajstić information content (AvgIpc) is 1.02. The van der Waals surface area contributed by atoms with Crippen molar-refractivity contribution < 1.29 is 78.9 Å². The van der Waals surface area contributed by atoms with E-state index in [0.717, 1.165) is 38.5 Å². The van der Waals surface area contributed by atoms with Crippen LogP contribution in [0.4, 0.5) is 13.2 Å². The summed E-state index contributed by atoms with van der Waals surface area (Å²) in [5.41, 5.74) is -4.78. The molecule has 1 N–H and O–H groups in total. The van der Waals surface area contributed by atoms with E-state index in [1.807, 2.05) is 115 Å². The molecule has 0 aliphatic heterocycles. The highest BCUT2D eigenvalue weighted by atomic mass is 32.2. The maximum Gasteiger partial charge on any atom is 0.426 e. The van der Waals surface area contributed by atoms with E-state index in [1.165, 1.54) is 43.5 Å². The molecule has 4 aromatic carbocycles. The summed E-state index contributed by atoms with van der Waals surface area (Å²) in [5, 5.41) is 11.9. The highest BCUT2D eigenvalue weighted by Gasteiger charge is 2.64. The van der Waals surface area contributed by atoms with Crippen LogP contribution in [-0.4, -0.2) is 88.4 Å². The van der Waals surface area contributed by atoms with Crippen LogP contribution >= 0.6 is 10.5 Å². The number of rotatable bonds is 22. The Morgan fingerprint density at radius 3 is 1.44 bits per heavy atom. The summed E-state index contributed by atoms with van der Waals surface area (Å²) in [6.45, 7) is 36.4. The summed E-state index contributed by atoms with van der Waals surface area (Å²) >= 11 is 0. The Hall–Kier alpha value is -6.31. The van der Waals surface area contributed by atoms with Crippen molar-refractivity contribution in [3.8, 4) is 10.6 Å². The number of alkyl halides is 3. The predicted molar refractivity (Wildman–Crippen MR) is 392 cm³/mol. The van der Waals surface area contributed by atoms with Crippen molar-refractivity contribution in [2.75, 3.05) is 5.75 Å². The average molecular weight is 1430 g/mol. The van der Waals surface area contributed by atoms with Crippen LogP contribution in [0.3, 0.4) is 0 Å². The number of carbonyl (C=O) groups excluding carboxylic acids is 5. The first-order valence-electron chi connectivity index (χ1n) is 35.8. The quantitative estimate of drug-likeness (QED) is 0.0225. The van der Waals surface area contributed by atoms with Gasteiger partial charge in [0.25, 0.3) is 0 Å². The SMILES string of the molecule is CCC(C)(C)C(=O)OC(C)(C)C=CC(C)(C)OC(=O)C(C)(C)CC.CCC(C)(C)C(=O)OC12CC3CC(C1)CC(C(=O)OC(CS(=O)(=O)[O-])C(F)(F)F)(C3)C2.CCC(C)c1cccc(O)c1.CCC1(OC(=O)C(C)(C)CC)CCCC1.c1ccc(-[s+]2c3ccccc3c3ccccc32)cc1. The number of esters is 5. The van der Waals surface area contributed by atoms with E-state index in [4.69, 9.17) is 24.1 Å². The normalized spacial score (nSPS) is 20.4. The molecule has 5 aliphatic carbocycles. The van der Waals surface area contributed by atoms with Gasteiger partial charge >= 0.3 is 36.0 Å². The topological polar surface area (TPSA) is 209 Å². The Morgan fingerprint density at radius 1 is 0.600 bits per heavy atom. The van der Waals surface area contributed by atoms with Gasteiger partial charge in [-0.1, -0.05) is 103 Å². The van der Waals surface area contributed by atoms with Gasteiger partial charge in [0, 0.05) is 27.7 Å². The number of hydrogen-bond donors (Lipinski definition) is 1. The van der Waals surface area contributed by atoms with E-state index in [2.05, 4.69) is 104 Å². The van der Waals surface area contributed by atoms with Crippen LogP contribution in [0.2, 0.25) is 0 Å². The van der Waals surface area contributed by atoms with Gasteiger partial charge in [-0.25, -0.2) is 8.42 Å². The number of aromatic hydroxyl groups is 1. The number of halogens is 3. The molecular formula is C81H115F3O14S2. The summed E-state index contributed by atoms with van der Waals surface area (Å²) in [7, 11) is -5.21. The van der Waals surface area contributed by atoms with E-state index in [-0.39, 0.29) is 57.7 Å². The molecule has 0 amide bonds. The summed E-state index contributed by atoms with van der Waals surface area (Å²) in [6.07, 6.45) is 7.25. The molecule has 10 rings (SSSR count). The van der Waals surface area contributed by atoms with Crippen LogP contribution in [0, 0.1) is 38.9 Å². The molecule has 5 fully saturated rings. The van der Waals surface area contributed by atoms with Gasteiger partial charge in [0.15, 0.2) is 14.3 Å². The maximum absolute atomic E-state index is 13.3. The van der Waals surface area contributed by atoms with Crippen molar-refractivity contribution in [1.82, 2.24) is 0 Å². The Bertz CT molecular complexity index is 3590. The van der Waals surface area contributed by atoms with E-state index in [0.29, 0.717) is 56.6 Å². The Kier molecular flexibility index (Phi) is 28.6. The predicted octanol–water partition coefficient (Wildman–Crippen LogP) is 20.7. The highest BCUT2D eigenvalue weighted by molar-refractivity contribution is 7.85. The van der Waals surface area contributed by atoms with Gasteiger partial charge in [-0.3, -0.25) is 24.0 Å². The minimum atomic E-state index is -5.27. The van der Waals surface area contributed by atoms with Crippen molar-refractivity contribution in [1.29, 1.82) is 0 Å². The van der Waals surface area contributed by atoms with Crippen molar-refractivity contribution in [2.45, 2.75) is 275 Å². The fourth-order valence-corrected chi connectivity index (χ4v) is 15.9. The number of phenolic OH excluding ortho intramolecular Hbond substituents is 1. The molecule has 14 nitrogen and oxygen atoms in total. The minimum Gasteiger partial charge on any atom is -0.748 e. The van der Waals surface area contributed by atoms with Crippen molar-refractivity contribution in [3.05, 3.63) is 121 Å². The Balaban J connectivity index is 0.000000234. The van der Waals surface area contributed by atoms with Gasteiger partial charge in [0.2, 0.25) is 6.10 Å². The third-order valence-electron chi connectivity index (χ3n) is 21.1. The first-order valence-corrected chi connectivity index (χ1v) is 38.6. The molecule has 4 atom stereocenters. The van der Waals surface area contributed by atoms with E-state index in [9.17, 15) is 50.1 Å². The zero-order valence-electron chi connectivity index (χ0n) is 63.0. The molecule has 0 saturated heterocycles. The lowest BCUT2D eigenvalue weighted by Gasteiger charge is -2.60. The van der Waals surface area contributed by atoms with Gasteiger partial charge in [-0.05, 0) is 263 Å². The fourth-order valence-electron chi connectivity index (χ4n) is 12.9. The van der Waals surface area contributed by atoms with Crippen LogP contribution in [-0.2, 0) is 57.8 Å². The van der Waals surface area contributed by atoms with Crippen LogP contribution in [0.15, 0.2) is 115 Å². The molecule has 0 radical (unpaired) electrons. The third-order valence-corrected chi connectivity index (χ3v) is 24.1. The zero-order valence-corrected chi connectivity index (χ0v) is 64.6. The molecule has 19 heteroatoms. The van der Waals surface area contributed by atoms with Crippen molar-refractivity contribution in [3.63, 3.8) is 0 Å². The van der Waals surface area contributed by atoms with Crippen LogP contribution in [0.25, 0.3) is 25.1 Å². The minimum absolute atomic E-state index is 0.00100. The van der Waals surface area contributed by atoms with E-state index < -0.39 is 78.6 Å². The number of hydrogen-bond acceptors (Lipinski definition) is 14. The lowest BCUT2D eigenvalue weighted by molar-refractivity contribution is -0.239. The highest BCUT2D eigenvalue weighted by Crippen LogP contribution is 2.64. The monoisotopic (exact) mass is 1430 g/mol. The molecule has 0 spiro atoms. The molecule has 100 heavy (non-hydrogen) atoms. The molecule has 1 aromatic heterocycles. The maximum atomic E-state index is 13.3. The number of thiophene rings is 1. The molecule has 556 valence electrons. The molecule has 1 heterocycles. The van der Waals surface area contributed by atoms with Gasteiger partial charge in [0.05, 0.1) is 42.9 Å². The van der Waals surface area contributed by atoms with Crippen LogP contribution in [0.1, 0.15) is 246 Å². The van der Waals surface area contributed by atoms with Gasteiger partial charge in [-0.15, -0.1) is 0 Å². The van der Waals surface area contributed by atoms with E-state index in [1.54, 1.807) is 32.1 Å².